The van der Waals surface area contributed by atoms with E-state index in [1.54, 1.807) is 49.6 Å². The number of ether oxygens (including phenoxy) is 2. The first-order valence-electron chi connectivity index (χ1n) is 7.51. The van der Waals surface area contributed by atoms with Crippen LogP contribution in [0.15, 0.2) is 53.6 Å². The van der Waals surface area contributed by atoms with Crippen molar-refractivity contribution < 1.29 is 19.1 Å². The van der Waals surface area contributed by atoms with Crippen molar-refractivity contribution in [1.29, 1.82) is 0 Å². The third-order valence-corrected chi connectivity index (χ3v) is 3.21. The lowest BCUT2D eigenvalue weighted by Gasteiger charge is -2.07. The number of para-hydroxylation sites is 1. The minimum Gasteiger partial charge on any atom is -0.497 e. The zero-order valence-electron chi connectivity index (χ0n) is 14.0. The SMILES string of the molecule is COc1ccc(OC)c(C=NNC(=O)CC(=O)Nc2ccccc2)c1. The van der Waals surface area contributed by atoms with Gasteiger partial charge in [-0.25, -0.2) is 5.43 Å². The van der Waals surface area contributed by atoms with E-state index in [-0.39, 0.29) is 6.42 Å². The van der Waals surface area contributed by atoms with Crippen molar-refractivity contribution >= 4 is 23.7 Å². The van der Waals surface area contributed by atoms with Crippen LogP contribution in [0.25, 0.3) is 0 Å². The highest BCUT2D eigenvalue weighted by Crippen LogP contribution is 2.22. The maximum Gasteiger partial charge on any atom is 0.249 e. The summed E-state index contributed by atoms with van der Waals surface area (Å²) in [6, 6.07) is 14.1. The van der Waals surface area contributed by atoms with Gasteiger partial charge in [-0.3, -0.25) is 9.59 Å². The molecule has 2 N–H and O–H groups in total. The van der Waals surface area contributed by atoms with E-state index in [4.69, 9.17) is 9.47 Å². The molecule has 0 aliphatic heterocycles. The molecular weight excluding hydrogens is 322 g/mol. The molecule has 0 bridgehead atoms. The lowest BCUT2D eigenvalue weighted by atomic mass is 10.2. The molecule has 0 spiro atoms. The van der Waals surface area contributed by atoms with Gasteiger partial charge in [-0.2, -0.15) is 5.10 Å². The van der Waals surface area contributed by atoms with Gasteiger partial charge in [-0.05, 0) is 30.3 Å². The number of amides is 2. The van der Waals surface area contributed by atoms with Gasteiger partial charge in [0, 0.05) is 11.3 Å². The highest BCUT2D eigenvalue weighted by molar-refractivity contribution is 6.03. The molecule has 0 radical (unpaired) electrons. The van der Waals surface area contributed by atoms with Gasteiger partial charge in [-0.1, -0.05) is 18.2 Å². The van der Waals surface area contributed by atoms with E-state index in [2.05, 4.69) is 15.8 Å². The normalized spacial score (nSPS) is 10.3. The first-order valence-corrected chi connectivity index (χ1v) is 7.51. The molecule has 2 amide bonds. The molecule has 7 heteroatoms. The maximum atomic E-state index is 11.8. The van der Waals surface area contributed by atoms with E-state index in [1.807, 2.05) is 6.07 Å². The number of carbonyl (C=O) groups is 2. The second-order valence-electron chi connectivity index (χ2n) is 4.99. The predicted octanol–water partition coefficient (Wildman–Crippen LogP) is 2.18. The van der Waals surface area contributed by atoms with Crippen molar-refractivity contribution in [2.45, 2.75) is 6.42 Å². The smallest absolute Gasteiger partial charge is 0.249 e. The van der Waals surface area contributed by atoms with Gasteiger partial charge in [0.25, 0.3) is 0 Å². The summed E-state index contributed by atoms with van der Waals surface area (Å²) in [5.41, 5.74) is 3.57. The van der Waals surface area contributed by atoms with Crippen LogP contribution in [0.1, 0.15) is 12.0 Å². The van der Waals surface area contributed by atoms with Crippen LogP contribution in [0.3, 0.4) is 0 Å². The Morgan fingerprint density at radius 3 is 2.48 bits per heavy atom. The number of rotatable bonds is 7. The van der Waals surface area contributed by atoms with Gasteiger partial charge in [0.1, 0.15) is 17.9 Å². The molecule has 0 unspecified atom stereocenters. The van der Waals surface area contributed by atoms with E-state index in [0.29, 0.717) is 22.7 Å². The number of hydrogen-bond acceptors (Lipinski definition) is 5. The third-order valence-electron chi connectivity index (χ3n) is 3.21. The Kier molecular flexibility index (Phi) is 6.53. The van der Waals surface area contributed by atoms with E-state index in [9.17, 15) is 9.59 Å². The van der Waals surface area contributed by atoms with E-state index in [0.717, 1.165) is 0 Å². The minimum atomic E-state index is -0.522. The number of methoxy groups -OCH3 is 2. The fourth-order valence-electron chi connectivity index (χ4n) is 2.03. The standard InChI is InChI=1S/C18H19N3O4/c1-24-15-8-9-16(25-2)13(10-15)12-19-21-18(23)11-17(22)20-14-6-4-3-5-7-14/h3-10,12H,11H2,1-2H3,(H,20,22)(H,21,23). The first-order chi connectivity index (χ1) is 12.1. The second kappa shape index (κ2) is 9.07. The summed E-state index contributed by atoms with van der Waals surface area (Å²) in [5.74, 6) is 0.279. The average molecular weight is 341 g/mol. The Balaban J connectivity index is 1.89. The predicted molar refractivity (Wildman–Crippen MR) is 95.0 cm³/mol. The first kappa shape index (κ1) is 18.0. The molecule has 2 rings (SSSR count). The Labute approximate surface area is 145 Å². The van der Waals surface area contributed by atoms with Crippen LogP contribution < -0.4 is 20.2 Å². The number of hydrogen-bond donors (Lipinski definition) is 2. The summed E-state index contributed by atoms with van der Waals surface area (Å²) in [6.45, 7) is 0. The van der Waals surface area contributed by atoms with Crippen molar-refractivity contribution in [3.63, 3.8) is 0 Å². The van der Waals surface area contributed by atoms with Crippen molar-refractivity contribution in [2.24, 2.45) is 5.10 Å². The number of carbonyl (C=O) groups excluding carboxylic acids is 2. The van der Waals surface area contributed by atoms with Crippen LogP contribution in [-0.2, 0) is 9.59 Å². The van der Waals surface area contributed by atoms with Crippen LogP contribution in [0.4, 0.5) is 5.69 Å². The average Bonchev–Trinajstić information content (AvgIpc) is 2.62. The molecule has 25 heavy (non-hydrogen) atoms. The number of benzene rings is 2. The molecule has 0 saturated carbocycles. The van der Waals surface area contributed by atoms with Crippen LogP contribution in [0, 0.1) is 0 Å². The minimum absolute atomic E-state index is 0.332. The molecule has 0 aromatic heterocycles. The topological polar surface area (TPSA) is 89.0 Å². The number of nitrogens with one attached hydrogen (secondary N) is 2. The number of anilines is 1. The summed E-state index contributed by atoms with van der Waals surface area (Å²) in [6.07, 6.45) is 1.09. The zero-order chi connectivity index (χ0) is 18.1. The Bertz CT molecular complexity index is 760. The molecule has 2 aromatic carbocycles. The Morgan fingerprint density at radius 1 is 1.04 bits per heavy atom. The quantitative estimate of drug-likeness (QED) is 0.459. The van der Waals surface area contributed by atoms with Crippen molar-refractivity contribution in [1.82, 2.24) is 5.43 Å². The van der Waals surface area contributed by atoms with Gasteiger partial charge >= 0.3 is 0 Å². The molecular formula is C18H19N3O4. The van der Waals surface area contributed by atoms with E-state index >= 15 is 0 Å². The van der Waals surface area contributed by atoms with Gasteiger partial charge < -0.3 is 14.8 Å². The molecule has 0 aliphatic rings. The van der Waals surface area contributed by atoms with E-state index < -0.39 is 11.8 Å². The van der Waals surface area contributed by atoms with Crippen LogP contribution >= 0.6 is 0 Å². The van der Waals surface area contributed by atoms with Crippen molar-refractivity contribution in [2.75, 3.05) is 19.5 Å². The summed E-state index contributed by atoms with van der Waals surface area (Å²) >= 11 is 0. The molecule has 0 fully saturated rings. The summed E-state index contributed by atoms with van der Waals surface area (Å²) in [5, 5.41) is 6.47. The Morgan fingerprint density at radius 2 is 1.80 bits per heavy atom. The van der Waals surface area contributed by atoms with Crippen molar-refractivity contribution in [3.05, 3.63) is 54.1 Å². The third kappa shape index (κ3) is 5.65. The largest absolute Gasteiger partial charge is 0.497 e. The summed E-state index contributed by atoms with van der Waals surface area (Å²) in [7, 11) is 3.08. The number of hydrazone groups is 1. The van der Waals surface area contributed by atoms with Crippen molar-refractivity contribution in [3.8, 4) is 11.5 Å². The van der Waals surface area contributed by atoms with Gasteiger partial charge in [-0.15, -0.1) is 0 Å². The summed E-state index contributed by atoms with van der Waals surface area (Å²) in [4.78, 5) is 23.5. The molecule has 130 valence electrons. The highest BCUT2D eigenvalue weighted by Gasteiger charge is 2.09. The zero-order valence-corrected chi connectivity index (χ0v) is 14.0. The molecule has 0 saturated heterocycles. The fraction of sp³-hybridized carbons (Fsp3) is 0.167. The monoisotopic (exact) mass is 341 g/mol. The van der Waals surface area contributed by atoms with Crippen LogP contribution in [0.2, 0.25) is 0 Å². The van der Waals surface area contributed by atoms with Gasteiger partial charge in [0.2, 0.25) is 11.8 Å². The lowest BCUT2D eigenvalue weighted by molar-refractivity contribution is -0.126. The van der Waals surface area contributed by atoms with Gasteiger partial charge in [0.05, 0.1) is 20.4 Å². The van der Waals surface area contributed by atoms with Crippen LogP contribution in [0.5, 0.6) is 11.5 Å². The fourth-order valence-corrected chi connectivity index (χ4v) is 2.03. The molecule has 7 nitrogen and oxygen atoms in total. The van der Waals surface area contributed by atoms with E-state index in [1.165, 1.54) is 13.3 Å². The number of nitrogens with zero attached hydrogens (tertiary/aromatic N) is 1. The summed E-state index contributed by atoms with van der Waals surface area (Å²) < 4.78 is 10.3. The Hall–Kier alpha value is -3.35. The second-order valence-corrected chi connectivity index (χ2v) is 4.99. The highest BCUT2D eigenvalue weighted by atomic mass is 16.5. The molecule has 0 heterocycles. The maximum absolute atomic E-state index is 11.8. The molecule has 0 aliphatic carbocycles. The molecule has 0 atom stereocenters. The lowest BCUT2D eigenvalue weighted by Crippen LogP contribution is -2.24. The van der Waals surface area contributed by atoms with Crippen LogP contribution in [-0.4, -0.2) is 32.2 Å². The van der Waals surface area contributed by atoms with Gasteiger partial charge in [0.15, 0.2) is 0 Å². The molecule has 2 aromatic rings.